The zero-order valence-electron chi connectivity index (χ0n) is 16.0. The minimum absolute atomic E-state index is 0.160. The van der Waals surface area contributed by atoms with Gasteiger partial charge in [0.05, 0.1) is 23.2 Å². The van der Waals surface area contributed by atoms with Gasteiger partial charge in [-0.05, 0) is 30.2 Å². The van der Waals surface area contributed by atoms with Crippen LogP contribution in [0.2, 0.25) is 5.02 Å². The molecular weight excluding hydrogens is 374 g/mol. The van der Waals surface area contributed by atoms with Crippen molar-refractivity contribution in [2.75, 3.05) is 31.1 Å². The van der Waals surface area contributed by atoms with E-state index in [1.54, 1.807) is 12.1 Å². The lowest BCUT2D eigenvalue weighted by Crippen LogP contribution is -2.52. The zero-order valence-corrected chi connectivity index (χ0v) is 16.7. The SMILES string of the molecule is Cc1ccc(N2C(=O)C[C@@H](N3CCN(Cc4ccccc4)CC3)C2=O)c(Cl)c1. The second-order valence-corrected chi connectivity index (χ2v) is 7.95. The Morgan fingerprint density at radius 2 is 1.71 bits per heavy atom. The highest BCUT2D eigenvalue weighted by Crippen LogP contribution is 2.32. The summed E-state index contributed by atoms with van der Waals surface area (Å²) in [5.41, 5.74) is 2.79. The van der Waals surface area contributed by atoms with E-state index in [0.717, 1.165) is 38.3 Å². The molecule has 2 aliphatic heterocycles. The van der Waals surface area contributed by atoms with Gasteiger partial charge >= 0.3 is 0 Å². The maximum Gasteiger partial charge on any atom is 0.251 e. The van der Waals surface area contributed by atoms with Crippen molar-refractivity contribution < 1.29 is 9.59 Å². The van der Waals surface area contributed by atoms with Crippen molar-refractivity contribution in [3.8, 4) is 0 Å². The summed E-state index contributed by atoms with van der Waals surface area (Å²) in [6.07, 6.45) is 0.224. The second kappa shape index (κ2) is 8.03. The van der Waals surface area contributed by atoms with Crippen molar-refractivity contribution in [1.82, 2.24) is 9.80 Å². The van der Waals surface area contributed by atoms with E-state index < -0.39 is 0 Å². The molecule has 1 atom stereocenters. The second-order valence-electron chi connectivity index (χ2n) is 7.54. The van der Waals surface area contributed by atoms with E-state index in [4.69, 9.17) is 11.6 Å². The van der Waals surface area contributed by atoms with Crippen LogP contribution in [0.4, 0.5) is 5.69 Å². The van der Waals surface area contributed by atoms with Gasteiger partial charge in [-0.2, -0.15) is 0 Å². The van der Waals surface area contributed by atoms with Crippen LogP contribution in [0, 0.1) is 6.92 Å². The van der Waals surface area contributed by atoms with Crippen molar-refractivity contribution in [2.24, 2.45) is 0 Å². The van der Waals surface area contributed by atoms with Gasteiger partial charge in [-0.1, -0.05) is 48.0 Å². The summed E-state index contributed by atoms with van der Waals surface area (Å²) < 4.78 is 0. The number of aryl methyl sites for hydroxylation is 1. The fourth-order valence-electron chi connectivity index (χ4n) is 4.02. The molecule has 2 saturated heterocycles. The maximum absolute atomic E-state index is 13.0. The van der Waals surface area contributed by atoms with E-state index in [1.807, 2.05) is 19.1 Å². The van der Waals surface area contributed by atoms with Crippen molar-refractivity contribution in [3.63, 3.8) is 0 Å². The van der Waals surface area contributed by atoms with Crippen LogP contribution in [-0.4, -0.2) is 53.8 Å². The summed E-state index contributed by atoms with van der Waals surface area (Å²) in [6, 6.07) is 15.4. The van der Waals surface area contributed by atoms with E-state index >= 15 is 0 Å². The van der Waals surface area contributed by atoms with Gasteiger partial charge in [0.2, 0.25) is 5.91 Å². The van der Waals surface area contributed by atoms with Crippen LogP contribution in [0.5, 0.6) is 0 Å². The van der Waals surface area contributed by atoms with Crippen LogP contribution in [0.15, 0.2) is 48.5 Å². The highest BCUT2D eigenvalue weighted by molar-refractivity contribution is 6.36. The Hall–Kier alpha value is -2.21. The number of hydrogen-bond donors (Lipinski definition) is 0. The Morgan fingerprint density at radius 3 is 2.39 bits per heavy atom. The van der Waals surface area contributed by atoms with Crippen molar-refractivity contribution >= 4 is 29.1 Å². The van der Waals surface area contributed by atoms with Crippen LogP contribution >= 0.6 is 11.6 Å². The lowest BCUT2D eigenvalue weighted by Gasteiger charge is -2.37. The molecule has 146 valence electrons. The van der Waals surface area contributed by atoms with Crippen LogP contribution in [-0.2, 0) is 16.1 Å². The molecule has 4 rings (SSSR count). The number of rotatable bonds is 4. The van der Waals surface area contributed by atoms with Gasteiger partial charge in [-0.3, -0.25) is 19.4 Å². The zero-order chi connectivity index (χ0) is 19.7. The molecular formula is C22H24ClN3O2. The Bertz CT molecular complexity index is 879. The average molecular weight is 398 g/mol. The minimum Gasteiger partial charge on any atom is -0.297 e. The highest BCUT2D eigenvalue weighted by Gasteiger charge is 2.43. The molecule has 2 aromatic rings. The fourth-order valence-corrected chi connectivity index (χ4v) is 4.34. The van der Waals surface area contributed by atoms with E-state index in [1.165, 1.54) is 10.5 Å². The number of nitrogens with zero attached hydrogens (tertiary/aromatic N) is 3. The Morgan fingerprint density at radius 1 is 1.00 bits per heavy atom. The van der Waals surface area contributed by atoms with Gasteiger partial charge in [-0.25, -0.2) is 4.90 Å². The van der Waals surface area contributed by atoms with Gasteiger partial charge in [-0.15, -0.1) is 0 Å². The normalized spacial score (nSPS) is 21.5. The van der Waals surface area contributed by atoms with Gasteiger partial charge < -0.3 is 0 Å². The lowest BCUT2D eigenvalue weighted by molar-refractivity contribution is -0.123. The van der Waals surface area contributed by atoms with Crippen molar-refractivity contribution in [3.05, 3.63) is 64.7 Å². The molecule has 0 bridgehead atoms. The summed E-state index contributed by atoms with van der Waals surface area (Å²) in [5, 5.41) is 0.440. The summed E-state index contributed by atoms with van der Waals surface area (Å²) >= 11 is 6.30. The Kier molecular flexibility index (Phi) is 5.49. The smallest absolute Gasteiger partial charge is 0.251 e. The number of imide groups is 1. The number of hydrogen-bond acceptors (Lipinski definition) is 4. The number of benzene rings is 2. The predicted molar refractivity (Wildman–Crippen MR) is 110 cm³/mol. The molecule has 0 spiro atoms. The molecule has 0 unspecified atom stereocenters. The van der Waals surface area contributed by atoms with Crippen LogP contribution in [0.25, 0.3) is 0 Å². The molecule has 0 aromatic heterocycles. The van der Waals surface area contributed by atoms with Crippen molar-refractivity contribution in [1.29, 1.82) is 0 Å². The summed E-state index contributed by atoms with van der Waals surface area (Å²) in [5.74, 6) is -0.334. The quantitative estimate of drug-likeness (QED) is 0.743. The first kappa shape index (κ1) is 19.1. The maximum atomic E-state index is 13.0. The minimum atomic E-state index is -0.385. The first-order valence-corrected chi connectivity index (χ1v) is 10.0. The van der Waals surface area contributed by atoms with Crippen LogP contribution < -0.4 is 4.90 Å². The van der Waals surface area contributed by atoms with E-state index in [9.17, 15) is 9.59 Å². The standard InChI is InChI=1S/C22H24ClN3O2/c1-16-7-8-19(18(23)13-16)26-21(27)14-20(22(26)28)25-11-9-24(10-12-25)15-17-5-3-2-4-6-17/h2-8,13,20H,9-12,14-15H2,1H3/t20-/m1/s1. The molecule has 2 amide bonds. The molecule has 0 N–H and O–H groups in total. The molecule has 6 heteroatoms. The topological polar surface area (TPSA) is 43.9 Å². The Labute approximate surface area is 170 Å². The first-order valence-electron chi connectivity index (χ1n) is 9.66. The summed E-state index contributed by atoms with van der Waals surface area (Å²) in [7, 11) is 0. The van der Waals surface area contributed by atoms with Gasteiger partial charge in [0, 0.05) is 32.7 Å². The van der Waals surface area contributed by atoms with E-state index in [-0.39, 0.29) is 24.3 Å². The summed E-state index contributed by atoms with van der Waals surface area (Å²) in [6.45, 7) is 6.19. The van der Waals surface area contributed by atoms with Gasteiger partial charge in [0.1, 0.15) is 0 Å². The van der Waals surface area contributed by atoms with Crippen molar-refractivity contribution in [2.45, 2.75) is 25.9 Å². The van der Waals surface area contributed by atoms with E-state index in [0.29, 0.717) is 10.7 Å². The molecule has 2 fully saturated rings. The van der Waals surface area contributed by atoms with Gasteiger partial charge in [0.15, 0.2) is 0 Å². The fraction of sp³-hybridized carbons (Fsp3) is 0.364. The molecule has 0 saturated carbocycles. The molecule has 28 heavy (non-hydrogen) atoms. The van der Waals surface area contributed by atoms with Crippen LogP contribution in [0.3, 0.4) is 0 Å². The molecule has 2 aliphatic rings. The number of amides is 2. The third-order valence-corrected chi connectivity index (χ3v) is 5.87. The molecule has 0 aliphatic carbocycles. The number of anilines is 1. The number of carbonyl (C=O) groups is 2. The first-order chi connectivity index (χ1) is 13.5. The average Bonchev–Trinajstić information content (AvgIpc) is 2.98. The summed E-state index contributed by atoms with van der Waals surface area (Å²) in [4.78, 5) is 31.4. The molecule has 0 radical (unpaired) electrons. The third-order valence-electron chi connectivity index (χ3n) is 5.56. The van der Waals surface area contributed by atoms with Crippen LogP contribution in [0.1, 0.15) is 17.5 Å². The number of piperazine rings is 1. The molecule has 2 heterocycles. The number of carbonyl (C=O) groups excluding carboxylic acids is 2. The lowest BCUT2D eigenvalue weighted by atomic mass is 10.1. The molecule has 2 aromatic carbocycles. The number of halogens is 1. The third kappa shape index (κ3) is 3.83. The largest absolute Gasteiger partial charge is 0.297 e. The molecule has 5 nitrogen and oxygen atoms in total. The predicted octanol–water partition coefficient (Wildman–Crippen LogP) is 3.10. The highest BCUT2D eigenvalue weighted by atomic mass is 35.5. The monoisotopic (exact) mass is 397 g/mol. The van der Waals surface area contributed by atoms with E-state index in [2.05, 4.69) is 34.1 Å². The van der Waals surface area contributed by atoms with Gasteiger partial charge in [0.25, 0.3) is 5.91 Å². The Balaban J connectivity index is 1.41.